The lowest BCUT2D eigenvalue weighted by atomic mass is 9.89. The van der Waals surface area contributed by atoms with Gasteiger partial charge in [-0.3, -0.25) is 4.79 Å². The van der Waals surface area contributed by atoms with Gasteiger partial charge in [0.2, 0.25) is 0 Å². The molecule has 1 saturated heterocycles. The number of ether oxygens (including phenoxy) is 8. The van der Waals surface area contributed by atoms with Crippen molar-refractivity contribution in [3.8, 4) is 28.6 Å². The summed E-state index contributed by atoms with van der Waals surface area (Å²) in [6.45, 7) is 0.239. The molecule has 1 aliphatic rings. The fraction of sp³-hybridized carbons (Fsp3) is 0.464. The van der Waals surface area contributed by atoms with Crippen LogP contribution in [0, 0.1) is 0 Å². The van der Waals surface area contributed by atoms with Gasteiger partial charge in [-0.2, -0.15) is 0 Å². The summed E-state index contributed by atoms with van der Waals surface area (Å²) in [4.78, 5) is 13.5. The predicted molar refractivity (Wildman–Crippen MR) is 139 cm³/mol. The van der Waals surface area contributed by atoms with Gasteiger partial charge < -0.3 is 42.3 Å². The van der Waals surface area contributed by atoms with Gasteiger partial charge in [-0.25, -0.2) is 0 Å². The summed E-state index contributed by atoms with van der Waals surface area (Å²) >= 11 is 0. The quantitative estimate of drug-likeness (QED) is 0.386. The molecule has 0 spiro atoms. The number of hydrogen-bond donors (Lipinski definition) is 0. The van der Waals surface area contributed by atoms with Crippen LogP contribution in [0.3, 0.4) is 0 Å². The van der Waals surface area contributed by atoms with E-state index in [1.807, 2.05) is 12.1 Å². The molecule has 3 unspecified atom stereocenters. The van der Waals surface area contributed by atoms with Crippen LogP contribution < -0.4 is 19.6 Å². The number of benzene rings is 2. The SMILES string of the molecule is COCC1OC(c2c(OC)cc(OC)c3c(=O)cc(-c4ccc(OC)cc4)oc23)[C@H](OC)C(OC)[C@@H]1OC. The van der Waals surface area contributed by atoms with Crippen LogP contribution >= 0.6 is 0 Å². The van der Waals surface area contributed by atoms with Gasteiger partial charge >= 0.3 is 0 Å². The zero-order chi connectivity index (χ0) is 27.4. The topological polar surface area (TPSA) is 104 Å². The van der Waals surface area contributed by atoms with E-state index in [-0.39, 0.29) is 23.0 Å². The number of rotatable bonds is 10. The molecule has 0 radical (unpaired) electrons. The molecule has 1 fully saturated rings. The third kappa shape index (κ3) is 4.97. The summed E-state index contributed by atoms with van der Waals surface area (Å²) in [6, 6.07) is 10.3. The third-order valence-electron chi connectivity index (χ3n) is 6.85. The van der Waals surface area contributed by atoms with E-state index in [2.05, 4.69) is 0 Å². The molecule has 2 heterocycles. The van der Waals surface area contributed by atoms with Crippen molar-refractivity contribution in [1.29, 1.82) is 0 Å². The van der Waals surface area contributed by atoms with E-state index in [1.54, 1.807) is 53.7 Å². The fourth-order valence-electron chi connectivity index (χ4n) is 5.05. The van der Waals surface area contributed by atoms with Crippen LogP contribution in [0.5, 0.6) is 17.2 Å². The highest BCUT2D eigenvalue weighted by atomic mass is 16.6. The van der Waals surface area contributed by atoms with Gasteiger partial charge in [0, 0.05) is 46.1 Å². The van der Waals surface area contributed by atoms with Crippen molar-refractivity contribution in [1.82, 2.24) is 0 Å². The van der Waals surface area contributed by atoms with Crippen LogP contribution in [0.25, 0.3) is 22.3 Å². The van der Waals surface area contributed by atoms with Gasteiger partial charge in [0.1, 0.15) is 58.9 Å². The van der Waals surface area contributed by atoms with Gasteiger partial charge in [0.05, 0.1) is 33.5 Å². The lowest BCUT2D eigenvalue weighted by Gasteiger charge is -2.45. The smallest absolute Gasteiger partial charge is 0.197 e. The van der Waals surface area contributed by atoms with Crippen molar-refractivity contribution in [3.05, 3.63) is 52.2 Å². The molecule has 5 atom stereocenters. The van der Waals surface area contributed by atoms with Crippen LogP contribution in [-0.4, -0.2) is 80.8 Å². The minimum atomic E-state index is -0.769. The molecule has 1 aromatic heterocycles. The third-order valence-corrected chi connectivity index (χ3v) is 6.85. The second-order valence-corrected chi connectivity index (χ2v) is 8.75. The van der Waals surface area contributed by atoms with Gasteiger partial charge in [0.25, 0.3) is 0 Å². The number of hydrogen-bond acceptors (Lipinski definition) is 10. The molecule has 206 valence electrons. The molecule has 0 saturated carbocycles. The first-order valence-corrected chi connectivity index (χ1v) is 12.1. The average Bonchev–Trinajstić information content (AvgIpc) is 2.95. The summed E-state index contributed by atoms with van der Waals surface area (Å²) < 4.78 is 52.5. The zero-order valence-electron chi connectivity index (χ0n) is 22.6. The highest BCUT2D eigenvalue weighted by Gasteiger charge is 2.49. The standard InChI is InChI=1S/C28H34O10/c1-30-14-21-24(34-5)27(35-6)28(36-7)26(38-21)23-20(33-4)13-19(32-3)22-17(29)12-18(37-25(22)23)15-8-10-16(31-2)11-9-15/h8-13,21,24,26-28H,14H2,1-7H3/t21?,24-,26?,27?,28+/m1/s1. The van der Waals surface area contributed by atoms with Crippen molar-refractivity contribution >= 4 is 11.0 Å². The molecule has 10 heteroatoms. The first kappa shape index (κ1) is 27.9. The highest BCUT2D eigenvalue weighted by Crippen LogP contribution is 2.46. The van der Waals surface area contributed by atoms with Crippen molar-refractivity contribution in [2.45, 2.75) is 30.5 Å². The molecule has 0 bridgehead atoms. The normalized spacial score (nSPS) is 23.4. The maximum Gasteiger partial charge on any atom is 0.197 e. The molecule has 3 aromatic rings. The lowest BCUT2D eigenvalue weighted by Crippen LogP contribution is -2.57. The van der Waals surface area contributed by atoms with Crippen LogP contribution in [0.2, 0.25) is 0 Å². The summed E-state index contributed by atoms with van der Waals surface area (Å²) in [5.74, 6) is 1.75. The number of methoxy groups -OCH3 is 7. The van der Waals surface area contributed by atoms with E-state index in [1.165, 1.54) is 20.3 Å². The molecule has 0 N–H and O–H groups in total. The lowest BCUT2D eigenvalue weighted by molar-refractivity contribution is -0.252. The maximum absolute atomic E-state index is 13.5. The average molecular weight is 531 g/mol. The Bertz CT molecular complexity index is 1290. The van der Waals surface area contributed by atoms with E-state index in [0.29, 0.717) is 34.1 Å². The van der Waals surface area contributed by atoms with Crippen LogP contribution in [0.15, 0.2) is 45.6 Å². The molecule has 4 rings (SSSR count). The van der Waals surface area contributed by atoms with Crippen molar-refractivity contribution in [2.24, 2.45) is 0 Å². The second kappa shape index (κ2) is 12.1. The Labute approximate surface area is 221 Å². The molecule has 0 amide bonds. The summed E-state index contributed by atoms with van der Waals surface area (Å²) in [5, 5.41) is 0.255. The molecule has 0 aliphatic carbocycles. The summed E-state index contributed by atoms with van der Waals surface area (Å²) in [6.07, 6.45) is -2.92. The predicted octanol–water partition coefficient (Wildman–Crippen LogP) is 3.62. The Hall–Kier alpha value is -3.15. The zero-order valence-corrected chi connectivity index (χ0v) is 22.6. The van der Waals surface area contributed by atoms with E-state index >= 15 is 0 Å². The Morgan fingerprint density at radius 2 is 1.42 bits per heavy atom. The van der Waals surface area contributed by atoms with Crippen molar-refractivity contribution in [3.63, 3.8) is 0 Å². The first-order valence-electron chi connectivity index (χ1n) is 12.1. The Morgan fingerprint density at radius 3 is 1.97 bits per heavy atom. The van der Waals surface area contributed by atoms with Crippen LogP contribution in [0.4, 0.5) is 0 Å². The van der Waals surface area contributed by atoms with Gasteiger partial charge in [-0.15, -0.1) is 0 Å². The monoisotopic (exact) mass is 530 g/mol. The van der Waals surface area contributed by atoms with E-state index in [0.717, 1.165) is 0 Å². The van der Waals surface area contributed by atoms with Crippen molar-refractivity contribution in [2.75, 3.05) is 56.4 Å². The Kier molecular flexibility index (Phi) is 8.91. The van der Waals surface area contributed by atoms with Crippen LogP contribution in [0.1, 0.15) is 11.7 Å². The molecular formula is C28H34O10. The molecule has 1 aliphatic heterocycles. The van der Waals surface area contributed by atoms with Crippen molar-refractivity contribution < 1.29 is 42.3 Å². The fourth-order valence-corrected chi connectivity index (χ4v) is 5.05. The van der Waals surface area contributed by atoms with Gasteiger partial charge in [-0.1, -0.05) is 0 Å². The van der Waals surface area contributed by atoms with Crippen LogP contribution in [-0.2, 0) is 23.7 Å². The number of fused-ring (bicyclic) bond motifs is 1. The largest absolute Gasteiger partial charge is 0.497 e. The summed E-state index contributed by atoms with van der Waals surface area (Å²) in [5.41, 5.74) is 1.15. The minimum Gasteiger partial charge on any atom is -0.497 e. The molecular weight excluding hydrogens is 496 g/mol. The molecule has 10 nitrogen and oxygen atoms in total. The minimum absolute atomic E-state index is 0.239. The van der Waals surface area contributed by atoms with Gasteiger partial charge in [0.15, 0.2) is 11.0 Å². The molecule has 38 heavy (non-hydrogen) atoms. The molecule has 2 aromatic carbocycles. The second-order valence-electron chi connectivity index (χ2n) is 8.75. The summed E-state index contributed by atoms with van der Waals surface area (Å²) in [7, 11) is 10.9. The Morgan fingerprint density at radius 1 is 0.763 bits per heavy atom. The Balaban J connectivity index is 2.00. The van der Waals surface area contributed by atoms with Gasteiger partial charge in [-0.05, 0) is 24.3 Å². The van der Waals surface area contributed by atoms with E-state index in [4.69, 9.17) is 42.3 Å². The first-order chi connectivity index (χ1) is 18.5. The maximum atomic E-state index is 13.5. The van der Waals surface area contributed by atoms with E-state index < -0.39 is 30.5 Å². The van der Waals surface area contributed by atoms with E-state index in [9.17, 15) is 4.79 Å². The highest BCUT2D eigenvalue weighted by molar-refractivity contribution is 5.90.